The van der Waals surface area contributed by atoms with Gasteiger partial charge in [0.1, 0.15) is 5.75 Å². The van der Waals surface area contributed by atoms with Crippen LogP contribution in [-0.4, -0.2) is 30.2 Å². The van der Waals surface area contributed by atoms with Gasteiger partial charge in [0.2, 0.25) is 5.88 Å². The second-order valence-electron chi connectivity index (χ2n) is 5.64. The van der Waals surface area contributed by atoms with Crippen LogP contribution >= 0.6 is 0 Å². The van der Waals surface area contributed by atoms with Crippen LogP contribution in [0.4, 0.5) is 0 Å². The zero-order valence-electron chi connectivity index (χ0n) is 13.4. The van der Waals surface area contributed by atoms with Gasteiger partial charge in [-0.25, -0.2) is 9.78 Å². The number of nitrogens with zero attached hydrogens (tertiary/aromatic N) is 1. The van der Waals surface area contributed by atoms with Gasteiger partial charge in [-0.3, -0.25) is 0 Å². The molecular formula is C18H14BNO5. The summed E-state index contributed by atoms with van der Waals surface area (Å²) in [7, 11) is 0.443. The van der Waals surface area contributed by atoms with Crippen molar-refractivity contribution in [1.29, 1.82) is 0 Å². The van der Waals surface area contributed by atoms with Crippen molar-refractivity contribution in [1.82, 2.24) is 4.98 Å². The Morgan fingerprint density at radius 2 is 2.08 bits per heavy atom. The molecule has 0 spiro atoms. The minimum absolute atomic E-state index is 0.290. The smallest absolute Gasteiger partial charge is 0.465 e. The number of carbonyl (C=O) groups excluding carboxylic acids is 1. The molecule has 1 aromatic heterocycles. The Balaban J connectivity index is 1.73. The number of methoxy groups -OCH3 is 1. The molecule has 1 aliphatic heterocycles. The van der Waals surface area contributed by atoms with Crippen molar-refractivity contribution in [3.05, 3.63) is 59.7 Å². The number of carbonyl (C=O) groups is 1. The summed E-state index contributed by atoms with van der Waals surface area (Å²) in [5.41, 5.74) is 2.62. The number of hydrogen-bond donors (Lipinski definition) is 1. The first-order valence-electron chi connectivity index (χ1n) is 7.74. The number of fused-ring (bicyclic) bond motifs is 2. The Hall–Kier alpha value is -2.90. The van der Waals surface area contributed by atoms with Crippen LogP contribution in [-0.2, 0) is 16.0 Å². The zero-order chi connectivity index (χ0) is 17.4. The minimum atomic E-state index is -0.895. The first-order valence-corrected chi connectivity index (χ1v) is 7.74. The standard InChI is InChI=1S/C18H14BNO5/c1-23-18(21)14-9-17(20-16-5-3-2-4-13(14)16)25-12-6-7-15-11(8-12)10-24-19(15)22/h2-9,22H,10H2,1H3. The number of para-hydroxylation sites is 1. The number of benzene rings is 2. The van der Waals surface area contributed by atoms with E-state index in [9.17, 15) is 9.82 Å². The molecule has 0 saturated carbocycles. The molecule has 0 aliphatic carbocycles. The fourth-order valence-corrected chi connectivity index (χ4v) is 2.87. The van der Waals surface area contributed by atoms with Gasteiger partial charge in [0.05, 0.1) is 24.8 Å². The molecule has 0 amide bonds. The van der Waals surface area contributed by atoms with E-state index in [0.29, 0.717) is 34.7 Å². The molecule has 0 saturated heterocycles. The highest BCUT2D eigenvalue weighted by atomic mass is 16.5. The van der Waals surface area contributed by atoms with Crippen molar-refractivity contribution >= 4 is 29.5 Å². The van der Waals surface area contributed by atoms with E-state index >= 15 is 0 Å². The monoisotopic (exact) mass is 335 g/mol. The van der Waals surface area contributed by atoms with Crippen LogP contribution in [0.2, 0.25) is 0 Å². The van der Waals surface area contributed by atoms with E-state index in [1.54, 1.807) is 24.3 Å². The van der Waals surface area contributed by atoms with Crippen molar-refractivity contribution in [2.45, 2.75) is 6.61 Å². The summed E-state index contributed by atoms with van der Waals surface area (Å²) in [6.45, 7) is 0.326. The van der Waals surface area contributed by atoms with Gasteiger partial charge >= 0.3 is 13.1 Å². The lowest BCUT2D eigenvalue weighted by Gasteiger charge is -2.10. The lowest BCUT2D eigenvalue weighted by atomic mass is 9.80. The van der Waals surface area contributed by atoms with Gasteiger partial charge in [-0.05, 0) is 29.2 Å². The summed E-state index contributed by atoms with van der Waals surface area (Å²) in [5.74, 6) is 0.391. The fourth-order valence-electron chi connectivity index (χ4n) is 2.87. The van der Waals surface area contributed by atoms with E-state index in [-0.39, 0.29) is 0 Å². The summed E-state index contributed by atoms with van der Waals surface area (Å²) < 4.78 is 15.9. The molecule has 4 rings (SSSR count). The van der Waals surface area contributed by atoms with E-state index in [4.69, 9.17) is 14.1 Å². The molecule has 0 unspecified atom stereocenters. The predicted molar refractivity (Wildman–Crippen MR) is 92.0 cm³/mol. The SMILES string of the molecule is COC(=O)c1cc(Oc2ccc3c(c2)COB3O)nc2ccccc12. The molecule has 1 aliphatic rings. The maximum Gasteiger partial charge on any atom is 0.491 e. The maximum atomic E-state index is 12.1. The molecule has 6 nitrogen and oxygen atoms in total. The van der Waals surface area contributed by atoms with E-state index in [1.807, 2.05) is 24.3 Å². The molecule has 3 aromatic rings. The van der Waals surface area contributed by atoms with Gasteiger partial charge in [-0.2, -0.15) is 0 Å². The van der Waals surface area contributed by atoms with Gasteiger partial charge in [-0.15, -0.1) is 0 Å². The predicted octanol–water partition coefficient (Wildman–Crippen LogP) is 2.03. The molecule has 2 aromatic carbocycles. The highest BCUT2D eigenvalue weighted by Crippen LogP contribution is 2.27. The summed E-state index contributed by atoms with van der Waals surface area (Å²) in [4.78, 5) is 16.5. The highest BCUT2D eigenvalue weighted by Gasteiger charge is 2.27. The second kappa shape index (κ2) is 6.20. The van der Waals surface area contributed by atoms with Crippen molar-refractivity contribution < 1.29 is 23.9 Å². The van der Waals surface area contributed by atoms with Gasteiger partial charge in [0, 0.05) is 11.5 Å². The van der Waals surface area contributed by atoms with Gasteiger partial charge in [0.25, 0.3) is 0 Å². The van der Waals surface area contributed by atoms with Crippen LogP contribution in [0.1, 0.15) is 15.9 Å². The third-order valence-corrected chi connectivity index (χ3v) is 4.10. The minimum Gasteiger partial charge on any atom is -0.465 e. The number of pyridine rings is 1. The Kier molecular flexibility index (Phi) is 3.87. The Labute approximate surface area is 144 Å². The van der Waals surface area contributed by atoms with E-state index in [0.717, 1.165) is 11.0 Å². The Morgan fingerprint density at radius 3 is 2.92 bits per heavy atom. The Bertz CT molecular complexity index is 975. The third-order valence-electron chi connectivity index (χ3n) is 4.10. The molecule has 0 bridgehead atoms. The summed E-state index contributed by atoms with van der Waals surface area (Å²) in [6, 6.07) is 14.1. The first-order chi connectivity index (χ1) is 12.2. The second-order valence-corrected chi connectivity index (χ2v) is 5.64. The molecule has 25 heavy (non-hydrogen) atoms. The lowest BCUT2D eigenvalue weighted by Crippen LogP contribution is -2.27. The summed E-state index contributed by atoms with van der Waals surface area (Å²) in [6.07, 6.45) is 0. The van der Waals surface area contributed by atoms with Gasteiger partial charge in [-0.1, -0.05) is 24.3 Å². The normalized spacial score (nSPS) is 13.0. The number of esters is 1. The molecule has 2 heterocycles. The maximum absolute atomic E-state index is 12.1. The Morgan fingerprint density at radius 1 is 1.24 bits per heavy atom. The van der Waals surface area contributed by atoms with Gasteiger partial charge < -0.3 is 19.2 Å². The number of hydrogen-bond acceptors (Lipinski definition) is 6. The van der Waals surface area contributed by atoms with Crippen LogP contribution < -0.4 is 10.2 Å². The van der Waals surface area contributed by atoms with Crippen molar-refractivity contribution in [2.24, 2.45) is 0 Å². The van der Waals surface area contributed by atoms with Crippen LogP contribution in [0.5, 0.6) is 11.6 Å². The van der Waals surface area contributed by atoms with Crippen molar-refractivity contribution in [2.75, 3.05) is 7.11 Å². The fraction of sp³-hybridized carbons (Fsp3) is 0.111. The van der Waals surface area contributed by atoms with E-state index < -0.39 is 13.1 Å². The number of aromatic nitrogens is 1. The zero-order valence-corrected chi connectivity index (χ0v) is 13.4. The van der Waals surface area contributed by atoms with Crippen molar-refractivity contribution in [3.63, 3.8) is 0 Å². The van der Waals surface area contributed by atoms with E-state index in [2.05, 4.69) is 4.98 Å². The van der Waals surface area contributed by atoms with Crippen LogP contribution in [0.3, 0.4) is 0 Å². The quantitative estimate of drug-likeness (QED) is 0.583. The summed E-state index contributed by atoms with van der Waals surface area (Å²) >= 11 is 0. The largest absolute Gasteiger partial charge is 0.491 e. The lowest BCUT2D eigenvalue weighted by molar-refractivity contribution is 0.0602. The average molecular weight is 335 g/mol. The number of rotatable bonds is 3. The molecule has 0 radical (unpaired) electrons. The molecule has 0 fully saturated rings. The van der Waals surface area contributed by atoms with Crippen LogP contribution in [0.25, 0.3) is 10.9 Å². The molecular weight excluding hydrogens is 321 g/mol. The van der Waals surface area contributed by atoms with Gasteiger partial charge in [0.15, 0.2) is 0 Å². The average Bonchev–Trinajstić information content (AvgIpc) is 3.01. The topological polar surface area (TPSA) is 77.9 Å². The molecule has 1 N–H and O–H groups in total. The summed E-state index contributed by atoms with van der Waals surface area (Å²) in [5, 5.41) is 10.4. The third kappa shape index (κ3) is 2.84. The van der Waals surface area contributed by atoms with Crippen molar-refractivity contribution in [3.8, 4) is 11.6 Å². The molecule has 7 heteroatoms. The number of ether oxygens (including phenoxy) is 2. The first kappa shape index (κ1) is 15.6. The molecule has 0 atom stereocenters. The highest BCUT2D eigenvalue weighted by molar-refractivity contribution is 6.61. The van der Waals surface area contributed by atoms with E-state index in [1.165, 1.54) is 7.11 Å². The van der Waals surface area contributed by atoms with Crippen LogP contribution in [0.15, 0.2) is 48.5 Å². The van der Waals surface area contributed by atoms with Crippen LogP contribution in [0, 0.1) is 0 Å². The molecule has 124 valence electrons.